The van der Waals surface area contributed by atoms with Crippen LogP contribution in [0.4, 0.5) is 11.4 Å². The molecule has 1 N–H and O–H groups in total. The first-order valence-corrected chi connectivity index (χ1v) is 9.60. The van der Waals surface area contributed by atoms with Crippen LogP contribution in [-0.2, 0) is 29.0 Å². The van der Waals surface area contributed by atoms with Gasteiger partial charge >= 0.3 is 5.69 Å². The van der Waals surface area contributed by atoms with Crippen molar-refractivity contribution in [2.45, 2.75) is 38.8 Å². The van der Waals surface area contributed by atoms with Crippen molar-refractivity contribution in [1.82, 2.24) is 14.3 Å². The second-order valence-corrected chi connectivity index (χ2v) is 7.02. The summed E-state index contributed by atoms with van der Waals surface area (Å²) in [5, 5.41) is 7.25. The van der Waals surface area contributed by atoms with Gasteiger partial charge in [-0.15, -0.1) is 0 Å². The van der Waals surface area contributed by atoms with E-state index in [2.05, 4.69) is 15.3 Å². The lowest BCUT2D eigenvalue weighted by Gasteiger charge is -2.29. The fourth-order valence-electron chi connectivity index (χ4n) is 3.67. The maximum absolute atomic E-state index is 12.5. The first kappa shape index (κ1) is 17.8. The third-order valence-electron chi connectivity index (χ3n) is 5.08. The molecule has 1 fully saturated rings. The molecule has 1 amide bonds. The van der Waals surface area contributed by atoms with Gasteiger partial charge in [0.05, 0.1) is 13.2 Å². The molecule has 0 spiro atoms. The molecule has 144 valence electrons. The summed E-state index contributed by atoms with van der Waals surface area (Å²) in [6.07, 6.45) is 3.93. The van der Waals surface area contributed by atoms with Gasteiger partial charge in [0.15, 0.2) is 0 Å². The SMILES string of the molecule is O=C(Cn1nc2n(c1=O)CCCCC2)Nc1cccc(N2CCOCC2)c1. The topological polar surface area (TPSA) is 81.4 Å². The standard InChI is InChI=1S/C19H25N5O3/c25-18(14-24-19(26)23-8-3-1-2-7-17(23)21-24)20-15-5-4-6-16(13-15)22-9-11-27-12-10-22/h4-6,13H,1-3,7-12,14H2,(H,20,25). The predicted octanol–water partition coefficient (Wildman–Crippen LogP) is 1.25. The molecule has 3 heterocycles. The van der Waals surface area contributed by atoms with Crippen molar-refractivity contribution in [2.75, 3.05) is 36.5 Å². The Morgan fingerprint density at radius 2 is 2.00 bits per heavy atom. The van der Waals surface area contributed by atoms with E-state index < -0.39 is 0 Å². The lowest BCUT2D eigenvalue weighted by atomic mass is 10.2. The van der Waals surface area contributed by atoms with Crippen LogP contribution in [-0.4, -0.2) is 46.6 Å². The fourth-order valence-corrected chi connectivity index (χ4v) is 3.67. The Morgan fingerprint density at radius 1 is 1.15 bits per heavy atom. The van der Waals surface area contributed by atoms with Gasteiger partial charge in [-0.1, -0.05) is 12.5 Å². The molecule has 8 nitrogen and oxygen atoms in total. The fraction of sp³-hybridized carbons (Fsp3) is 0.526. The second kappa shape index (κ2) is 7.96. The number of ether oxygens (including phenoxy) is 1. The van der Waals surface area contributed by atoms with Crippen molar-refractivity contribution in [2.24, 2.45) is 0 Å². The average Bonchev–Trinajstić information content (AvgIpc) is 2.85. The predicted molar refractivity (Wildman–Crippen MR) is 102 cm³/mol. The number of nitrogens with one attached hydrogen (secondary N) is 1. The minimum atomic E-state index is -0.246. The van der Waals surface area contributed by atoms with Crippen molar-refractivity contribution < 1.29 is 9.53 Å². The number of morpholine rings is 1. The third-order valence-corrected chi connectivity index (χ3v) is 5.08. The Labute approximate surface area is 157 Å². The Hall–Kier alpha value is -2.61. The molecular weight excluding hydrogens is 346 g/mol. The molecule has 0 atom stereocenters. The Balaban J connectivity index is 1.43. The largest absolute Gasteiger partial charge is 0.378 e. The number of amides is 1. The quantitative estimate of drug-likeness (QED) is 0.875. The van der Waals surface area contributed by atoms with Crippen molar-refractivity contribution in [3.05, 3.63) is 40.6 Å². The molecule has 0 bridgehead atoms. The van der Waals surface area contributed by atoms with Crippen molar-refractivity contribution >= 4 is 17.3 Å². The number of benzene rings is 1. The monoisotopic (exact) mass is 371 g/mol. The maximum Gasteiger partial charge on any atom is 0.346 e. The summed E-state index contributed by atoms with van der Waals surface area (Å²) in [7, 11) is 0. The number of aryl methyl sites for hydroxylation is 1. The van der Waals surface area contributed by atoms with Crippen LogP contribution in [0.25, 0.3) is 0 Å². The minimum Gasteiger partial charge on any atom is -0.378 e. The molecule has 0 radical (unpaired) electrons. The summed E-state index contributed by atoms with van der Waals surface area (Å²) in [6.45, 7) is 3.73. The molecule has 2 aliphatic heterocycles. The lowest BCUT2D eigenvalue weighted by molar-refractivity contribution is -0.117. The van der Waals surface area contributed by atoms with Crippen LogP contribution in [0.5, 0.6) is 0 Å². The third kappa shape index (κ3) is 4.05. The van der Waals surface area contributed by atoms with Gasteiger partial charge in [-0.05, 0) is 31.0 Å². The van der Waals surface area contributed by atoms with E-state index in [4.69, 9.17) is 4.74 Å². The number of hydrogen-bond acceptors (Lipinski definition) is 5. The molecule has 4 rings (SSSR count). The van der Waals surface area contributed by atoms with Gasteiger partial charge in [0.25, 0.3) is 0 Å². The average molecular weight is 371 g/mol. The molecule has 0 saturated carbocycles. The number of nitrogens with zero attached hydrogens (tertiary/aromatic N) is 4. The van der Waals surface area contributed by atoms with Crippen molar-refractivity contribution in [3.8, 4) is 0 Å². The molecule has 2 aliphatic rings. The van der Waals surface area contributed by atoms with Gasteiger partial charge in [-0.25, -0.2) is 9.48 Å². The highest BCUT2D eigenvalue weighted by Crippen LogP contribution is 2.20. The Morgan fingerprint density at radius 3 is 2.85 bits per heavy atom. The van der Waals surface area contributed by atoms with Crippen LogP contribution in [0.15, 0.2) is 29.1 Å². The smallest absolute Gasteiger partial charge is 0.346 e. The maximum atomic E-state index is 12.5. The number of hydrogen-bond donors (Lipinski definition) is 1. The number of aromatic nitrogens is 3. The van der Waals surface area contributed by atoms with Gasteiger partial charge < -0.3 is 15.0 Å². The number of anilines is 2. The van der Waals surface area contributed by atoms with E-state index in [1.54, 1.807) is 4.57 Å². The normalized spacial score (nSPS) is 17.3. The molecule has 0 aliphatic carbocycles. The molecule has 8 heteroatoms. The zero-order valence-corrected chi connectivity index (χ0v) is 15.4. The Kier molecular flexibility index (Phi) is 5.24. The van der Waals surface area contributed by atoms with E-state index in [0.29, 0.717) is 19.8 Å². The van der Waals surface area contributed by atoms with Crippen LogP contribution in [0.3, 0.4) is 0 Å². The van der Waals surface area contributed by atoms with Crippen LogP contribution < -0.4 is 15.9 Å². The molecule has 1 saturated heterocycles. The molecule has 1 aromatic heterocycles. The van der Waals surface area contributed by atoms with Crippen LogP contribution in [0.2, 0.25) is 0 Å². The summed E-state index contributed by atoms with van der Waals surface area (Å²) in [5.41, 5.74) is 1.59. The molecule has 27 heavy (non-hydrogen) atoms. The second-order valence-electron chi connectivity index (χ2n) is 7.02. The van der Waals surface area contributed by atoms with E-state index in [-0.39, 0.29) is 18.1 Å². The van der Waals surface area contributed by atoms with E-state index in [0.717, 1.165) is 56.0 Å². The van der Waals surface area contributed by atoms with Gasteiger partial charge in [-0.2, -0.15) is 5.10 Å². The van der Waals surface area contributed by atoms with Crippen LogP contribution in [0, 0.1) is 0 Å². The molecular formula is C19H25N5O3. The van der Waals surface area contributed by atoms with Crippen molar-refractivity contribution in [1.29, 1.82) is 0 Å². The first-order valence-electron chi connectivity index (χ1n) is 9.60. The lowest BCUT2D eigenvalue weighted by Crippen LogP contribution is -2.36. The molecule has 0 unspecified atom stereocenters. The molecule has 1 aromatic carbocycles. The molecule has 2 aromatic rings. The summed E-state index contributed by atoms with van der Waals surface area (Å²) < 4.78 is 8.37. The number of carbonyl (C=O) groups is 1. The zero-order chi connectivity index (χ0) is 18.6. The van der Waals surface area contributed by atoms with Gasteiger partial charge in [-0.3, -0.25) is 9.36 Å². The van der Waals surface area contributed by atoms with Crippen LogP contribution in [0.1, 0.15) is 25.1 Å². The highest BCUT2D eigenvalue weighted by Gasteiger charge is 2.17. The van der Waals surface area contributed by atoms with Gasteiger partial charge in [0.1, 0.15) is 12.4 Å². The first-order chi connectivity index (χ1) is 13.2. The summed E-state index contributed by atoms with van der Waals surface area (Å²) in [4.78, 5) is 27.2. The van der Waals surface area contributed by atoms with E-state index >= 15 is 0 Å². The highest BCUT2D eigenvalue weighted by molar-refractivity contribution is 5.91. The van der Waals surface area contributed by atoms with E-state index in [9.17, 15) is 9.59 Å². The number of fused-ring (bicyclic) bond motifs is 1. The van der Waals surface area contributed by atoms with Crippen LogP contribution >= 0.6 is 0 Å². The van der Waals surface area contributed by atoms with Crippen molar-refractivity contribution in [3.63, 3.8) is 0 Å². The van der Waals surface area contributed by atoms with Gasteiger partial charge in [0.2, 0.25) is 5.91 Å². The zero-order valence-electron chi connectivity index (χ0n) is 15.4. The summed E-state index contributed by atoms with van der Waals surface area (Å²) >= 11 is 0. The summed E-state index contributed by atoms with van der Waals surface area (Å²) in [5.74, 6) is 0.545. The Bertz CT molecular complexity index is 866. The van der Waals surface area contributed by atoms with E-state index in [1.807, 2.05) is 24.3 Å². The van der Waals surface area contributed by atoms with Gasteiger partial charge in [0, 0.05) is 37.4 Å². The minimum absolute atomic E-state index is 0.0688. The highest BCUT2D eigenvalue weighted by atomic mass is 16.5. The summed E-state index contributed by atoms with van der Waals surface area (Å²) in [6, 6.07) is 7.75. The number of carbonyl (C=O) groups excluding carboxylic acids is 1. The number of rotatable bonds is 4. The van der Waals surface area contributed by atoms with E-state index in [1.165, 1.54) is 4.68 Å².